The van der Waals surface area contributed by atoms with Crippen molar-refractivity contribution in [1.82, 2.24) is 15.2 Å². The number of likely N-dealkylation sites (tertiary alicyclic amines) is 1. The molecule has 39 heavy (non-hydrogen) atoms. The zero-order valence-electron chi connectivity index (χ0n) is 22.2. The summed E-state index contributed by atoms with van der Waals surface area (Å²) in [6, 6.07) is 19.0. The fourth-order valence-electron chi connectivity index (χ4n) is 5.77. The Morgan fingerprint density at radius 2 is 2.00 bits per heavy atom. The van der Waals surface area contributed by atoms with Crippen LogP contribution in [-0.2, 0) is 22.6 Å². The van der Waals surface area contributed by atoms with Crippen molar-refractivity contribution in [1.29, 1.82) is 0 Å². The van der Waals surface area contributed by atoms with Crippen LogP contribution in [0.3, 0.4) is 0 Å². The quantitative estimate of drug-likeness (QED) is 0.247. The van der Waals surface area contributed by atoms with E-state index in [4.69, 9.17) is 9.72 Å². The number of likely N-dealkylation sites (N-methyl/N-ethyl adjacent to an activating group) is 1. The predicted octanol–water partition coefficient (Wildman–Crippen LogP) is 6.52. The summed E-state index contributed by atoms with van der Waals surface area (Å²) in [7, 11) is 2.15. The predicted molar refractivity (Wildman–Crippen MR) is 154 cm³/mol. The van der Waals surface area contributed by atoms with Gasteiger partial charge in [-0.25, -0.2) is 9.37 Å². The highest BCUT2D eigenvalue weighted by Gasteiger charge is 2.34. The Hall–Kier alpha value is -3.13. The number of hydrogen-bond acceptors (Lipinski definition) is 5. The summed E-state index contributed by atoms with van der Waals surface area (Å²) in [5.41, 5.74) is 4.51. The summed E-state index contributed by atoms with van der Waals surface area (Å²) in [5, 5.41) is 6.28. The molecule has 1 saturated carbocycles. The number of carbonyl (C=O) groups excluding carboxylic acids is 1. The van der Waals surface area contributed by atoms with Gasteiger partial charge in [-0.05, 0) is 86.0 Å². The van der Waals surface area contributed by atoms with Gasteiger partial charge in [0.15, 0.2) is 0 Å². The molecule has 7 heteroatoms. The number of carbonyl (C=O) groups is 1. The maximum absolute atomic E-state index is 14.0. The van der Waals surface area contributed by atoms with Crippen LogP contribution in [0.25, 0.3) is 21.5 Å². The molecular formula is C32H34FN3O2S. The van der Waals surface area contributed by atoms with Crippen LogP contribution < -0.4 is 5.32 Å². The molecule has 0 bridgehead atoms. The molecule has 2 aromatic heterocycles. The second-order valence-electron chi connectivity index (χ2n) is 10.8. The van der Waals surface area contributed by atoms with E-state index in [0.29, 0.717) is 25.2 Å². The van der Waals surface area contributed by atoms with E-state index in [1.807, 2.05) is 36.4 Å². The van der Waals surface area contributed by atoms with Gasteiger partial charge in [-0.2, -0.15) is 0 Å². The lowest BCUT2D eigenvalue weighted by Crippen LogP contribution is -2.32. The number of nitrogens with zero attached hydrogens (tertiary/aromatic N) is 2. The molecule has 2 fully saturated rings. The lowest BCUT2D eigenvalue weighted by molar-refractivity contribution is -0.121. The molecule has 202 valence electrons. The lowest BCUT2D eigenvalue weighted by Gasteiger charge is -2.22. The largest absolute Gasteiger partial charge is 0.375 e. The first-order chi connectivity index (χ1) is 19.1. The van der Waals surface area contributed by atoms with E-state index >= 15 is 0 Å². The van der Waals surface area contributed by atoms with E-state index in [1.54, 1.807) is 23.5 Å². The van der Waals surface area contributed by atoms with Gasteiger partial charge in [-0.1, -0.05) is 36.4 Å². The highest BCUT2D eigenvalue weighted by atomic mass is 32.1. The number of nitrogens with one attached hydrogen (secondary N) is 1. The Bertz CT molecular complexity index is 1450. The normalized spacial score (nSPS) is 18.5. The summed E-state index contributed by atoms with van der Waals surface area (Å²) in [5.74, 6) is -0.000280. The summed E-state index contributed by atoms with van der Waals surface area (Å²) in [4.78, 5) is 22.1. The van der Waals surface area contributed by atoms with Gasteiger partial charge < -0.3 is 15.0 Å². The van der Waals surface area contributed by atoms with Crippen molar-refractivity contribution < 1.29 is 13.9 Å². The number of fused-ring (bicyclic) bond motifs is 1. The van der Waals surface area contributed by atoms with Crippen LogP contribution in [0.5, 0.6) is 0 Å². The van der Waals surface area contributed by atoms with E-state index in [-0.39, 0.29) is 24.2 Å². The van der Waals surface area contributed by atoms with Crippen molar-refractivity contribution in [3.63, 3.8) is 0 Å². The second kappa shape index (κ2) is 11.5. The number of aromatic nitrogens is 1. The van der Waals surface area contributed by atoms with Crippen molar-refractivity contribution >= 4 is 28.1 Å². The molecule has 0 spiro atoms. The number of ether oxygens (including phenoxy) is 1. The molecule has 2 aromatic carbocycles. The fourth-order valence-corrected chi connectivity index (χ4v) is 6.51. The van der Waals surface area contributed by atoms with E-state index in [2.05, 4.69) is 28.7 Å². The molecule has 2 atom stereocenters. The van der Waals surface area contributed by atoms with E-state index < -0.39 is 0 Å². The fraction of sp³-hybridized carbons (Fsp3) is 0.375. The first kappa shape index (κ1) is 26.1. The minimum Gasteiger partial charge on any atom is -0.375 e. The van der Waals surface area contributed by atoms with Gasteiger partial charge in [0, 0.05) is 17.0 Å². The van der Waals surface area contributed by atoms with Crippen molar-refractivity contribution in [2.45, 2.75) is 50.8 Å². The number of para-hydroxylation sites is 1. The van der Waals surface area contributed by atoms with Gasteiger partial charge in [-0.3, -0.25) is 4.79 Å². The number of hydrogen-bond donors (Lipinski definition) is 1. The number of amides is 1. The third-order valence-corrected chi connectivity index (χ3v) is 8.93. The third kappa shape index (κ3) is 5.91. The topological polar surface area (TPSA) is 54.5 Å². The van der Waals surface area contributed by atoms with E-state index in [9.17, 15) is 9.18 Å². The number of thiophene rings is 1. The second-order valence-corrected chi connectivity index (χ2v) is 11.8. The van der Waals surface area contributed by atoms with Gasteiger partial charge in [0.1, 0.15) is 5.82 Å². The van der Waals surface area contributed by atoms with Gasteiger partial charge in [0.25, 0.3) is 0 Å². The molecule has 5 nitrogen and oxygen atoms in total. The van der Waals surface area contributed by atoms with Crippen LogP contribution in [-0.4, -0.2) is 42.0 Å². The molecular weight excluding hydrogens is 509 g/mol. The molecule has 1 aliphatic heterocycles. The third-order valence-electron chi connectivity index (χ3n) is 8.05. The van der Waals surface area contributed by atoms with Crippen LogP contribution in [0.4, 0.5) is 4.39 Å². The van der Waals surface area contributed by atoms with Crippen LogP contribution in [0, 0.1) is 11.7 Å². The molecule has 0 radical (unpaired) electrons. The Balaban J connectivity index is 1.33. The Morgan fingerprint density at radius 3 is 2.74 bits per heavy atom. The van der Waals surface area contributed by atoms with Gasteiger partial charge in [0.2, 0.25) is 5.91 Å². The highest BCUT2D eigenvalue weighted by molar-refractivity contribution is 7.13. The molecule has 3 heterocycles. The number of rotatable bonds is 10. The average Bonchev–Trinajstić information content (AvgIpc) is 3.46. The zero-order chi connectivity index (χ0) is 26.8. The molecule has 1 saturated heterocycles. The number of pyridine rings is 1. The Morgan fingerprint density at radius 1 is 1.13 bits per heavy atom. The SMILES string of the molecule is CN1CCC[C@H]1COCc1c(-c2cccs2)nc2ccccc2c1CC(=O)N[C@H](c1cccc(F)c1)C1CC1. The Kier molecular flexibility index (Phi) is 7.73. The molecule has 4 aromatic rings. The van der Waals surface area contributed by atoms with Gasteiger partial charge in [-0.15, -0.1) is 11.3 Å². The molecule has 6 rings (SSSR count). The molecule has 1 N–H and O–H groups in total. The van der Waals surface area contributed by atoms with Crippen molar-refractivity contribution in [3.8, 4) is 10.6 Å². The molecule has 2 aliphatic rings. The van der Waals surface area contributed by atoms with Crippen LogP contribution in [0.15, 0.2) is 66.0 Å². The lowest BCUT2D eigenvalue weighted by atomic mass is 9.96. The average molecular weight is 544 g/mol. The number of benzene rings is 2. The smallest absolute Gasteiger partial charge is 0.224 e. The molecule has 1 amide bonds. The van der Waals surface area contributed by atoms with Crippen molar-refractivity contribution in [2.24, 2.45) is 5.92 Å². The summed E-state index contributed by atoms with van der Waals surface area (Å²) in [6.07, 6.45) is 4.62. The van der Waals surface area contributed by atoms with Gasteiger partial charge in [0.05, 0.1) is 41.8 Å². The van der Waals surface area contributed by atoms with Crippen LogP contribution in [0.1, 0.15) is 48.4 Å². The van der Waals surface area contributed by atoms with Crippen molar-refractivity contribution in [3.05, 3.63) is 88.6 Å². The standard InChI is InChI=1S/C32H34FN3O2S/c1-36-15-5-9-24(36)19-38-20-27-26(25-10-2-3-11-28(25)34-32(27)29-12-6-16-39-29)18-30(37)35-31(21-13-14-21)22-7-4-8-23(33)17-22/h2-4,6-8,10-12,16-17,21,24,31H,5,9,13-15,18-20H2,1H3,(H,35,37)/t24-,31-/m0/s1. The summed E-state index contributed by atoms with van der Waals surface area (Å²) >= 11 is 1.64. The zero-order valence-corrected chi connectivity index (χ0v) is 23.1. The molecule has 0 unspecified atom stereocenters. The van der Waals surface area contributed by atoms with Crippen LogP contribution >= 0.6 is 11.3 Å². The summed E-state index contributed by atoms with van der Waals surface area (Å²) < 4.78 is 20.4. The minimum atomic E-state index is -0.277. The minimum absolute atomic E-state index is 0.0681. The maximum atomic E-state index is 14.0. The van der Waals surface area contributed by atoms with E-state index in [1.165, 1.54) is 12.5 Å². The monoisotopic (exact) mass is 543 g/mol. The Labute approximate surface area is 233 Å². The number of halogens is 1. The maximum Gasteiger partial charge on any atom is 0.224 e. The molecule has 1 aliphatic carbocycles. The highest BCUT2D eigenvalue weighted by Crippen LogP contribution is 2.41. The van der Waals surface area contributed by atoms with Gasteiger partial charge >= 0.3 is 0 Å². The first-order valence-corrected chi connectivity index (χ1v) is 14.7. The first-order valence-electron chi connectivity index (χ1n) is 13.8. The van der Waals surface area contributed by atoms with E-state index in [0.717, 1.165) is 64.0 Å². The van der Waals surface area contributed by atoms with Crippen LogP contribution in [0.2, 0.25) is 0 Å². The van der Waals surface area contributed by atoms with Crippen molar-refractivity contribution in [2.75, 3.05) is 20.2 Å². The summed E-state index contributed by atoms with van der Waals surface area (Å²) in [6.45, 7) is 2.15.